The van der Waals surface area contributed by atoms with Gasteiger partial charge in [-0.2, -0.15) is 23.4 Å². The third-order valence-corrected chi connectivity index (χ3v) is 4.98. The predicted molar refractivity (Wildman–Crippen MR) is 117 cm³/mol. The maximum atomic E-state index is 13.1. The van der Waals surface area contributed by atoms with E-state index in [0.29, 0.717) is 17.8 Å². The quantitative estimate of drug-likeness (QED) is 0.344. The number of rotatable bonds is 6. The molecular formula is C23H18F3N5O3. The second-order valence-electron chi connectivity index (χ2n) is 7.42. The predicted octanol–water partition coefficient (Wildman–Crippen LogP) is 3.45. The van der Waals surface area contributed by atoms with Crippen LogP contribution in [0.25, 0.3) is 11.0 Å². The molecule has 0 aliphatic carbocycles. The summed E-state index contributed by atoms with van der Waals surface area (Å²) in [6, 6.07) is 14.2. The summed E-state index contributed by atoms with van der Waals surface area (Å²) in [4.78, 5) is 25.2. The number of fused-ring (bicyclic) bond motifs is 1. The van der Waals surface area contributed by atoms with E-state index < -0.39 is 29.8 Å². The van der Waals surface area contributed by atoms with Crippen molar-refractivity contribution in [3.63, 3.8) is 0 Å². The molecule has 0 saturated carbocycles. The highest BCUT2D eigenvalue weighted by molar-refractivity contribution is 5.84. The van der Waals surface area contributed by atoms with Crippen molar-refractivity contribution < 1.29 is 22.5 Å². The molecule has 2 aromatic heterocycles. The van der Waals surface area contributed by atoms with Crippen LogP contribution >= 0.6 is 0 Å². The second kappa shape index (κ2) is 9.30. The van der Waals surface area contributed by atoms with Gasteiger partial charge in [0.25, 0.3) is 11.5 Å². The Bertz CT molecular complexity index is 1430. The molecule has 2 heterocycles. The Morgan fingerprint density at radius 3 is 2.59 bits per heavy atom. The number of aromatic nitrogens is 3. The van der Waals surface area contributed by atoms with E-state index in [1.54, 1.807) is 6.92 Å². The van der Waals surface area contributed by atoms with Crippen molar-refractivity contribution in [2.75, 3.05) is 0 Å². The minimum Gasteiger partial charge on any atom is -0.354 e. The van der Waals surface area contributed by atoms with Crippen LogP contribution in [0.15, 0.2) is 69.0 Å². The van der Waals surface area contributed by atoms with E-state index in [0.717, 1.165) is 22.5 Å². The number of carbonyl (C=O) groups is 1. The molecule has 174 valence electrons. The standard InChI is InChI=1S/C23H18F3N5O3/c1-14-20-21(34-30-14)18(11-15-7-3-2-4-8-15)29-31(22(20)33)13-19(32)28-27-12-16-9-5-6-10-17(16)23(24,25)26/h2-10,12H,11,13H2,1H3,(H,28,32)/b27-12+. The number of nitrogens with zero attached hydrogens (tertiary/aromatic N) is 4. The summed E-state index contributed by atoms with van der Waals surface area (Å²) in [5.74, 6) is -0.741. The van der Waals surface area contributed by atoms with Crippen molar-refractivity contribution in [1.82, 2.24) is 20.4 Å². The third-order valence-electron chi connectivity index (χ3n) is 4.98. The van der Waals surface area contributed by atoms with Crippen LogP contribution in [0.2, 0.25) is 0 Å². The van der Waals surface area contributed by atoms with Crippen LogP contribution in [0.3, 0.4) is 0 Å². The van der Waals surface area contributed by atoms with Crippen LogP contribution in [0.1, 0.15) is 28.1 Å². The van der Waals surface area contributed by atoms with Crippen molar-refractivity contribution in [2.45, 2.75) is 26.1 Å². The lowest BCUT2D eigenvalue weighted by Crippen LogP contribution is -2.32. The van der Waals surface area contributed by atoms with E-state index in [4.69, 9.17) is 4.52 Å². The highest BCUT2D eigenvalue weighted by Gasteiger charge is 2.32. The van der Waals surface area contributed by atoms with E-state index in [9.17, 15) is 22.8 Å². The number of aryl methyl sites for hydroxylation is 1. The molecule has 0 fully saturated rings. The number of hydrogen-bond donors (Lipinski definition) is 1. The number of carbonyl (C=O) groups excluding carboxylic acids is 1. The number of hydrazone groups is 1. The molecule has 0 aliphatic heterocycles. The lowest BCUT2D eigenvalue weighted by Gasteiger charge is -2.09. The van der Waals surface area contributed by atoms with Crippen molar-refractivity contribution in [1.29, 1.82) is 0 Å². The molecule has 34 heavy (non-hydrogen) atoms. The average molecular weight is 469 g/mol. The molecule has 0 radical (unpaired) electrons. The summed E-state index contributed by atoms with van der Waals surface area (Å²) in [5.41, 5.74) is 2.38. The molecule has 0 saturated heterocycles. The van der Waals surface area contributed by atoms with Gasteiger partial charge in [0.2, 0.25) is 0 Å². The van der Waals surface area contributed by atoms with Crippen molar-refractivity contribution in [3.8, 4) is 0 Å². The number of hydrogen-bond acceptors (Lipinski definition) is 6. The van der Waals surface area contributed by atoms with Gasteiger partial charge in [-0.3, -0.25) is 9.59 Å². The second-order valence-corrected chi connectivity index (χ2v) is 7.42. The number of nitrogens with one attached hydrogen (secondary N) is 1. The molecule has 2 aromatic carbocycles. The smallest absolute Gasteiger partial charge is 0.354 e. The highest BCUT2D eigenvalue weighted by Crippen LogP contribution is 2.31. The Morgan fingerprint density at radius 1 is 1.15 bits per heavy atom. The fraction of sp³-hybridized carbons (Fsp3) is 0.174. The van der Waals surface area contributed by atoms with Crippen LogP contribution in [0.5, 0.6) is 0 Å². The van der Waals surface area contributed by atoms with Gasteiger partial charge >= 0.3 is 6.18 Å². The van der Waals surface area contributed by atoms with E-state index in [2.05, 4.69) is 20.8 Å². The first kappa shape index (κ1) is 22.9. The van der Waals surface area contributed by atoms with Crippen LogP contribution in [-0.2, 0) is 23.9 Å². The molecule has 4 rings (SSSR count). The minimum atomic E-state index is -4.56. The van der Waals surface area contributed by atoms with Crippen molar-refractivity contribution >= 4 is 23.1 Å². The zero-order valence-electron chi connectivity index (χ0n) is 17.8. The molecule has 1 amide bonds. The molecule has 8 nitrogen and oxygen atoms in total. The van der Waals surface area contributed by atoms with Gasteiger partial charge in [-0.1, -0.05) is 53.7 Å². The normalized spacial score (nSPS) is 11.9. The fourth-order valence-electron chi connectivity index (χ4n) is 3.41. The summed E-state index contributed by atoms with van der Waals surface area (Å²) < 4.78 is 45.5. The van der Waals surface area contributed by atoms with Gasteiger partial charge < -0.3 is 4.52 Å². The van der Waals surface area contributed by atoms with Crippen molar-refractivity contribution in [2.24, 2.45) is 5.10 Å². The van der Waals surface area contributed by atoms with Crippen molar-refractivity contribution in [3.05, 3.63) is 93.0 Å². The Morgan fingerprint density at radius 2 is 1.85 bits per heavy atom. The van der Waals surface area contributed by atoms with Crippen LogP contribution in [0.4, 0.5) is 13.2 Å². The van der Waals surface area contributed by atoms with Crippen LogP contribution < -0.4 is 11.0 Å². The summed E-state index contributed by atoms with van der Waals surface area (Å²) in [7, 11) is 0. The monoisotopic (exact) mass is 469 g/mol. The fourth-order valence-corrected chi connectivity index (χ4v) is 3.41. The van der Waals surface area contributed by atoms with Gasteiger partial charge in [0.1, 0.15) is 17.6 Å². The molecule has 0 aliphatic rings. The first-order valence-electron chi connectivity index (χ1n) is 10.1. The molecular weight excluding hydrogens is 451 g/mol. The number of benzene rings is 2. The summed E-state index contributed by atoms with van der Waals surface area (Å²) in [6.07, 6.45) is -3.34. The first-order chi connectivity index (χ1) is 16.2. The lowest BCUT2D eigenvalue weighted by molar-refractivity contribution is -0.137. The summed E-state index contributed by atoms with van der Waals surface area (Å²) in [5, 5.41) is 11.9. The molecule has 11 heteroatoms. The average Bonchev–Trinajstić information content (AvgIpc) is 3.19. The first-order valence-corrected chi connectivity index (χ1v) is 10.1. The highest BCUT2D eigenvalue weighted by atomic mass is 19.4. The maximum Gasteiger partial charge on any atom is 0.417 e. The van der Waals surface area contributed by atoms with E-state index in [-0.39, 0.29) is 16.5 Å². The summed E-state index contributed by atoms with van der Waals surface area (Å²) in [6.45, 7) is 1.10. The minimum absolute atomic E-state index is 0.205. The van der Waals surface area contributed by atoms with Gasteiger partial charge in [0, 0.05) is 12.0 Å². The van der Waals surface area contributed by atoms with Gasteiger partial charge in [0.15, 0.2) is 5.58 Å². The number of amides is 1. The van der Waals surface area contributed by atoms with E-state index in [1.165, 1.54) is 18.2 Å². The van der Waals surface area contributed by atoms with Gasteiger partial charge in [-0.05, 0) is 18.6 Å². The summed E-state index contributed by atoms with van der Waals surface area (Å²) >= 11 is 0. The molecule has 0 unspecified atom stereocenters. The van der Waals surface area contributed by atoms with Gasteiger partial charge in [-0.25, -0.2) is 10.1 Å². The molecule has 1 N–H and O–H groups in total. The third kappa shape index (κ3) is 4.87. The lowest BCUT2D eigenvalue weighted by atomic mass is 10.1. The maximum absolute atomic E-state index is 13.1. The zero-order chi connectivity index (χ0) is 24.3. The molecule has 0 bridgehead atoms. The Hall–Kier alpha value is -4.28. The number of alkyl halides is 3. The van der Waals surface area contributed by atoms with Gasteiger partial charge in [0.05, 0.1) is 17.5 Å². The molecule has 0 atom stereocenters. The topological polar surface area (TPSA) is 102 Å². The Labute approximate surface area is 190 Å². The number of halogens is 3. The van der Waals surface area contributed by atoms with Crippen LogP contribution in [-0.4, -0.2) is 27.1 Å². The Balaban J connectivity index is 1.57. The largest absolute Gasteiger partial charge is 0.417 e. The van der Waals surface area contributed by atoms with Crippen LogP contribution in [0, 0.1) is 6.92 Å². The van der Waals surface area contributed by atoms with E-state index >= 15 is 0 Å². The molecule has 4 aromatic rings. The zero-order valence-corrected chi connectivity index (χ0v) is 17.8. The van der Waals surface area contributed by atoms with Gasteiger partial charge in [-0.15, -0.1) is 0 Å². The SMILES string of the molecule is Cc1noc2c(Cc3ccccc3)nn(CC(=O)N/N=C/c3ccccc3C(F)(F)F)c(=O)c12. The molecule has 0 spiro atoms. The van der Waals surface area contributed by atoms with E-state index in [1.807, 2.05) is 30.3 Å². The Kier molecular flexibility index (Phi) is 6.26.